The SMILES string of the molecule is CC(C)(C)OC(=O)NCCOCCOc1cc(F)ccc1-c1nnc(-c2cnn(CCCO)c2)c2ccsc12. The quantitative estimate of drug-likeness (QED) is 0.241. The molecule has 2 N–H and O–H groups in total. The van der Waals surface area contributed by atoms with E-state index in [0.717, 1.165) is 15.6 Å². The van der Waals surface area contributed by atoms with Crippen LogP contribution in [0.4, 0.5) is 9.18 Å². The molecule has 0 saturated carbocycles. The number of hydrogen-bond donors (Lipinski definition) is 2. The molecule has 12 heteroatoms. The van der Waals surface area contributed by atoms with Crippen molar-refractivity contribution in [3.05, 3.63) is 47.9 Å². The van der Waals surface area contributed by atoms with Gasteiger partial charge < -0.3 is 24.6 Å². The number of alkyl carbamates (subject to hydrolysis) is 1. The second-order valence-corrected chi connectivity index (χ2v) is 10.6. The number of thiophene rings is 1. The lowest BCUT2D eigenvalue weighted by Crippen LogP contribution is -2.34. The van der Waals surface area contributed by atoms with Crippen LogP contribution in [-0.2, 0) is 16.0 Å². The molecule has 208 valence electrons. The van der Waals surface area contributed by atoms with E-state index in [1.807, 2.05) is 17.6 Å². The Bertz CT molecular complexity index is 1400. The Morgan fingerprint density at radius 2 is 1.97 bits per heavy atom. The van der Waals surface area contributed by atoms with Crippen LogP contribution in [0.3, 0.4) is 0 Å². The molecule has 4 aromatic rings. The van der Waals surface area contributed by atoms with Crippen LogP contribution in [0, 0.1) is 5.82 Å². The lowest BCUT2D eigenvalue weighted by atomic mass is 10.1. The van der Waals surface area contributed by atoms with E-state index in [2.05, 4.69) is 20.6 Å². The van der Waals surface area contributed by atoms with Crippen LogP contribution in [0.15, 0.2) is 42.0 Å². The third-order valence-corrected chi connectivity index (χ3v) is 6.36. The van der Waals surface area contributed by atoms with Gasteiger partial charge in [-0.3, -0.25) is 4.68 Å². The summed E-state index contributed by atoms with van der Waals surface area (Å²) >= 11 is 1.51. The smallest absolute Gasteiger partial charge is 0.407 e. The molecular weight excluding hydrogens is 525 g/mol. The lowest BCUT2D eigenvalue weighted by molar-refractivity contribution is 0.0489. The second kappa shape index (κ2) is 13.0. The van der Waals surface area contributed by atoms with Crippen LogP contribution in [0.25, 0.3) is 32.6 Å². The van der Waals surface area contributed by atoms with Gasteiger partial charge in [0.05, 0.1) is 24.1 Å². The fourth-order valence-corrected chi connectivity index (χ4v) is 4.67. The average Bonchev–Trinajstić information content (AvgIpc) is 3.56. The highest BCUT2D eigenvalue weighted by atomic mass is 32.1. The monoisotopic (exact) mass is 557 g/mol. The number of rotatable bonds is 12. The van der Waals surface area contributed by atoms with Crippen molar-refractivity contribution in [2.75, 3.05) is 33.0 Å². The van der Waals surface area contributed by atoms with Gasteiger partial charge in [0, 0.05) is 48.5 Å². The number of nitrogens with zero attached hydrogens (tertiary/aromatic N) is 4. The van der Waals surface area contributed by atoms with Crippen molar-refractivity contribution in [2.45, 2.75) is 39.3 Å². The summed E-state index contributed by atoms with van der Waals surface area (Å²) in [4.78, 5) is 11.7. The molecule has 0 spiro atoms. The van der Waals surface area contributed by atoms with E-state index in [0.29, 0.717) is 42.2 Å². The van der Waals surface area contributed by atoms with Crippen LogP contribution in [-0.4, -0.2) is 69.8 Å². The van der Waals surface area contributed by atoms with Crippen molar-refractivity contribution in [2.24, 2.45) is 0 Å². The van der Waals surface area contributed by atoms with Gasteiger partial charge >= 0.3 is 6.09 Å². The van der Waals surface area contributed by atoms with E-state index in [1.165, 1.54) is 23.5 Å². The molecule has 0 fully saturated rings. The van der Waals surface area contributed by atoms with Crippen LogP contribution in [0.1, 0.15) is 27.2 Å². The molecule has 39 heavy (non-hydrogen) atoms. The number of carbonyl (C=O) groups is 1. The van der Waals surface area contributed by atoms with Crippen LogP contribution in [0.2, 0.25) is 0 Å². The third-order valence-electron chi connectivity index (χ3n) is 5.44. The Hall–Kier alpha value is -3.61. The lowest BCUT2D eigenvalue weighted by Gasteiger charge is -2.19. The highest BCUT2D eigenvalue weighted by Crippen LogP contribution is 2.39. The Labute approximate surface area is 229 Å². The predicted octanol–water partition coefficient (Wildman–Crippen LogP) is 4.66. The minimum Gasteiger partial charge on any atom is -0.490 e. The molecule has 10 nitrogen and oxygen atoms in total. The number of aliphatic hydroxyl groups excluding tert-OH is 1. The zero-order valence-corrected chi connectivity index (χ0v) is 23.0. The Balaban J connectivity index is 1.41. The van der Waals surface area contributed by atoms with Gasteiger partial charge in [0.2, 0.25) is 0 Å². The number of aromatic nitrogens is 4. The standard InChI is InChI=1S/C27H32FN5O5S/c1-27(2,3)38-26(35)29-8-11-36-12-13-37-22-15-19(28)5-6-20(22)24-25-21(7-14-39-25)23(31-32-24)18-16-30-33(17-18)9-4-10-34/h5-7,14-17,34H,4,8-13H2,1-3H3,(H,29,35). The van der Waals surface area contributed by atoms with Gasteiger partial charge in [-0.2, -0.15) is 5.10 Å². The minimum absolute atomic E-state index is 0.0952. The predicted molar refractivity (Wildman–Crippen MR) is 146 cm³/mol. The maximum absolute atomic E-state index is 14.1. The number of benzene rings is 1. The van der Waals surface area contributed by atoms with E-state index in [9.17, 15) is 9.18 Å². The van der Waals surface area contributed by atoms with Gasteiger partial charge in [-0.1, -0.05) is 0 Å². The van der Waals surface area contributed by atoms with Gasteiger partial charge in [0.15, 0.2) is 0 Å². The summed E-state index contributed by atoms with van der Waals surface area (Å²) in [6, 6.07) is 6.29. The largest absolute Gasteiger partial charge is 0.490 e. The number of aryl methyl sites for hydroxylation is 1. The van der Waals surface area contributed by atoms with Gasteiger partial charge in [0.25, 0.3) is 0 Å². The van der Waals surface area contributed by atoms with Crippen LogP contribution in [0.5, 0.6) is 5.75 Å². The van der Waals surface area contributed by atoms with Crippen molar-refractivity contribution in [1.82, 2.24) is 25.3 Å². The summed E-state index contributed by atoms with van der Waals surface area (Å²) in [5.41, 5.74) is 2.17. The average molecular weight is 558 g/mol. The van der Waals surface area contributed by atoms with Crippen molar-refractivity contribution >= 4 is 27.5 Å². The molecule has 4 rings (SSSR count). The number of hydrogen-bond acceptors (Lipinski definition) is 9. The molecule has 0 atom stereocenters. The van der Waals surface area contributed by atoms with E-state index in [4.69, 9.17) is 19.3 Å². The molecule has 0 aliphatic carbocycles. The van der Waals surface area contributed by atoms with Gasteiger partial charge in [-0.05, 0) is 50.8 Å². The Morgan fingerprint density at radius 1 is 1.15 bits per heavy atom. The number of aliphatic hydroxyl groups is 1. The topological polar surface area (TPSA) is 121 Å². The fraction of sp³-hybridized carbons (Fsp3) is 0.407. The molecule has 1 aromatic carbocycles. The maximum Gasteiger partial charge on any atom is 0.407 e. The molecule has 0 aliphatic rings. The fourth-order valence-electron chi connectivity index (χ4n) is 3.77. The Kier molecular flexibility index (Phi) is 9.44. The summed E-state index contributed by atoms with van der Waals surface area (Å²) in [5.74, 6) is -0.0995. The van der Waals surface area contributed by atoms with Crippen LogP contribution < -0.4 is 10.1 Å². The second-order valence-electron chi connectivity index (χ2n) is 9.66. The summed E-state index contributed by atoms with van der Waals surface area (Å²) in [6.45, 7) is 7.06. The first-order valence-electron chi connectivity index (χ1n) is 12.6. The van der Waals surface area contributed by atoms with E-state index in [1.54, 1.807) is 37.7 Å². The van der Waals surface area contributed by atoms with Crippen molar-refractivity contribution < 1.29 is 28.5 Å². The van der Waals surface area contributed by atoms with Crippen LogP contribution >= 0.6 is 11.3 Å². The van der Waals surface area contributed by atoms with Gasteiger partial charge in [-0.25, -0.2) is 9.18 Å². The summed E-state index contributed by atoms with van der Waals surface area (Å²) in [6.07, 6.45) is 3.72. The summed E-state index contributed by atoms with van der Waals surface area (Å²) < 4.78 is 33.4. The minimum atomic E-state index is -0.565. The number of amides is 1. The third kappa shape index (κ3) is 7.71. The maximum atomic E-state index is 14.1. The number of nitrogens with one attached hydrogen (secondary N) is 1. The summed E-state index contributed by atoms with van der Waals surface area (Å²) in [7, 11) is 0. The molecule has 3 aromatic heterocycles. The first-order valence-corrected chi connectivity index (χ1v) is 13.5. The highest BCUT2D eigenvalue weighted by Gasteiger charge is 2.19. The molecular formula is C27H32FN5O5S. The highest BCUT2D eigenvalue weighted by molar-refractivity contribution is 7.17. The van der Waals surface area contributed by atoms with Crippen molar-refractivity contribution in [1.29, 1.82) is 0 Å². The van der Waals surface area contributed by atoms with Crippen molar-refractivity contribution in [3.63, 3.8) is 0 Å². The zero-order chi connectivity index (χ0) is 27.8. The van der Waals surface area contributed by atoms with E-state index in [-0.39, 0.29) is 26.4 Å². The van der Waals surface area contributed by atoms with E-state index >= 15 is 0 Å². The van der Waals surface area contributed by atoms with Gasteiger partial charge in [-0.15, -0.1) is 21.5 Å². The Morgan fingerprint density at radius 3 is 2.77 bits per heavy atom. The normalized spacial score (nSPS) is 11.6. The zero-order valence-electron chi connectivity index (χ0n) is 22.1. The van der Waals surface area contributed by atoms with E-state index < -0.39 is 17.5 Å². The first-order chi connectivity index (χ1) is 18.7. The number of carbonyl (C=O) groups excluding carboxylic acids is 1. The molecule has 0 aliphatic heterocycles. The molecule has 0 unspecified atom stereocenters. The molecule has 0 bridgehead atoms. The molecule has 0 saturated heterocycles. The number of halogens is 1. The molecule has 1 amide bonds. The molecule has 0 radical (unpaired) electrons. The van der Waals surface area contributed by atoms with Crippen molar-refractivity contribution in [3.8, 4) is 28.3 Å². The molecule has 3 heterocycles. The summed E-state index contributed by atoms with van der Waals surface area (Å²) in [5, 5.41) is 27.9. The first kappa shape index (κ1) is 28.4. The number of fused-ring (bicyclic) bond motifs is 1. The number of ether oxygens (including phenoxy) is 3. The van der Waals surface area contributed by atoms with Gasteiger partial charge in [0.1, 0.15) is 35.2 Å².